The van der Waals surface area contributed by atoms with Gasteiger partial charge in [0.2, 0.25) is 0 Å². The number of carboxylic acid groups (broad SMARTS) is 1. The first kappa shape index (κ1) is 16.5. The molecule has 0 fully saturated rings. The Labute approximate surface area is 107 Å². The van der Waals surface area contributed by atoms with Crippen molar-refractivity contribution in [2.24, 2.45) is 5.92 Å². The van der Waals surface area contributed by atoms with E-state index < -0.39 is 5.97 Å². The highest BCUT2D eigenvalue weighted by molar-refractivity contribution is 5.66. The van der Waals surface area contributed by atoms with Crippen molar-refractivity contribution >= 4 is 5.97 Å². The minimum Gasteiger partial charge on any atom is -0.481 e. The van der Waals surface area contributed by atoms with E-state index in [0.717, 1.165) is 18.8 Å². The van der Waals surface area contributed by atoms with Crippen molar-refractivity contribution in [3.8, 4) is 0 Å². The number of rotatable bonds is 12. The van der Waals surface area contributed by atoms with Crippen LogP contribution in [0.5, 0.6) is 0 Å². The van der Waals surface area contributed by atoms with Crippen LogP contribution < -0.4 is 0 Å². The molecular weight excluding hydrogens is 212 g/mol. The van der Waals surface area contributed by atoms with Gasteiger partial charge in [-0.2, -0.15) is 0 Å². The lowest BCUT2D eigenvalue weighted by Crippen LogP contribution is -1.93. The summed E-state index contributed by atoms with van der Waals surface area (Å²) in [5, 5.41) is 8.48. The van der Waals surface area contributed by atoms with Crippen molar-refractivity contribution in [3.63, 3.8) is 0 Å². The molecule has 0 heterocycles. The molecule has 0 radical (unpaired) electrons. The monoisotopic (exact) mass is 242 g/mol. The van der Waals surface area contributed by atoms with E-state index in [9.17, 15) is 4.79 Å². The van der Waals surface area contributed by atoms with Gasteiger partial charge in [0.25, 0.3) is 0 Å². The molecule has 0 amide bonds. The number of unbranched alkanes of at least 4 members (excludes halogenated alkanes) is 7. The highest BCUT2D eigenvalue weighted by Crippen LogP contribution is 2.14. The van der Waals surface area contributed by atoms with Crippen LogP contribution in [0.2, 0.25) is 0 Å². The van der Waals surface area contributed by atoms with E-state index in [1.165, 1.54) is 51.4 Å². The van der Waals surface area contributed by atoms with E-state index in [4.69, 9.17) is 5.11 Å². The highest BCUT2D eigenvalue weighted by Gasteiger charge is 1.99. The zero-order valence-electron chi connectivity index (χ0n) is 11.7. The summed E-state index contributed by atoms with van der Waals surface area (Å²) >= 11 is 0. The van der Waals surface area contributed by atoms with Crippen LogP contribution in [0.4, 0.5) is 0 Å². The van der Waals surface area contributed by atoms with Crippen LogP contribution >= 0.6 is 0 Å². The normalized spacial score (nSPS) is 12.6. The first-order valence-electron chi connectivity index (χ1n) is 7.38. The van der Waals surface area contributed by atoms with Crippen LogP contribution in [0, 0.1) is 5.92 Å². The Morgan fingerprint density at radius 3 is 1.88 bits per heavy atom. The van der Waals surface area contributed by atoms with Crippen LogP contribution in [0.25, 0.3) is 0 Å². The molecule has 0 aliphatic heterocycles. The standard InChI is InChI=1S/C15H30O2/c1-3-14(2)12-10-8-6-4-5-7-9-11-13-15(16)17/h14H,3-13H2,1-2H3,(H,16,17)/t14-/m0/s1. The largest absolute Gasteiger partial charge is 0.481 e. The van der Waals surface area contributed by atoms with Gasteiger partial charge in [0.05, 0.1) is 0 Å². The summed E-state index contributed by atoms with van der Waals surface area (Å²) in [6.45, 7) is 4.60. The summed E-state index contributed by atoms with van der Waals surface area (Å²) in [7, 11) is 0. The molecular formula is C15H30O2. The average Bonchev–Trinajstić information content (AvgIpc) is 2.30. The Balaban J connectivity index is 3.01. The van der Waals surface area contributed by atoms with Crippen molar-refractivity contribution in [2.45, 2.75) is 84.5 Å². The SMILES string of the molecule is CC[C@H](C)CCCCCCCCCCC(=O)O. The summed E-state index contributed by atoms with van der Waals surface area (Å²) in [4.78, 5) is 10.3. The number of carbonyl (C=O) groups is 1. The summed E-state index contributed by atoms with van der Waals surface area (Å²) in [6, 6.07) is 0. The molecule has 0 spiro atoms. The lowest BCUT2D eigenvalue weighted by atomic mass is 9.99. The molecule has 0 aromatic heterocycles. The van der Waals surface area contributed by atoms with Gasteiger partial charge in [-0.3, -0.25) is 4.79 Å². The number of carboxylic acids is 1. The quantitative estimate of drug-likeness (QED) is 0.488. The maximum absolute atomic E-state index is 10.3. The highest BCUT2D eigenvalue weighted by atomic mass is 16.4. The van der Waals surface area contributed by atoms with Gasteiger partial charge in [-0.15, -0.1) is 0 Å². The number of aliphatic carboxylic acids is 1. The molecule has 0 aromatic rings. The lowest BCUT2D eigenvalue weighted by Gasteiger charge is -2.07. The van der Waals surface area contributed by atoms with Crippen molar-refractivity contribution in [3.05, 3.63) is 0 Å². The molecule has 0 unspecified atom stereocenters. The van der Waals surface area contributed by atoms with Gasteiger partial charge in [-0.25, -0.2) is 0 Å². The minimum atomic E-state index is -0.657. The van der Waals surface area contributed by atoms with Gasteiger partial charge in [-0.1, -0.05) is 71.6 Å². The van der Waals surface area contributed by atoms with Gasteiger partial charge in [0, 0.05) is 6.42 Å². The van der Waals surface area contributed by atoms with E-state index in [0.29, 0.717) is 6.42 Å². The van der Waals surface area contributed by atoms with Crippen LogP contribution in [0.3, 0.4) is 0 Å². The summed E-state index contributed by atoms with van der Waals surface area (Å²) in [5.41, 5.74) is 0. The molecule has 1 atom stereocenters. The van der Waals surface area contributed by atoms with Gasteiger partial charge in [0.1, 0.15) is 0 Å². The van der Waals surface area contributed by atoms with E-state index >= 15 is 0 Å². The molecule has 2 nitrogen and oxygen atoms in total. The average molecular weight is 242 g/mol. The first-order chi connectivity index (χ1) is 8.16. The predicted molar refractivity (Wildman–Crippen MR) is 73.3 cm³/mol. The van der Waals surface area contributed by atoms with Crippen molar-refractivity contribution < 1.29 is 9.90 Å². The third kappa shape index (κ3) is 13.4. The predicted octanol–water partition coefficient (Wildman–Crippen LogP) is 5.02. The van der Waals surface area contributed by atoms with Gasteiger partial charge < -0.3 is 5.11 Å². The minimum absolute atomic E-state index is 0.342. The molecule has 0 saturated carbocycles. The smallest absolute Gasteiger partial charge is 0.303 e. The second-order valence-electron chi connectivity index (χ2n) is 5.27. The van der Waals surface area contributed by atoms with E-state index in [1.807, 2.05) is 0 Å². The molecule has 102 valence electrons. The topological polar surface area (TPSA) is 37.3 Å². The van der Waals surface area contributed by atoms with Gasteiger partial charge >= 0.3 is 5.97 Å². The van der Waals surface area contributed by atoms with Gasteiger partial charge in [-0.05, 0) is 12.3 Å². The number of hydrogen-bond acceptors (Lipinski definition) is 1. The third-order valence-corrected chi connectivity index (χ3v) is 3.53. The van der Waals surface area contributed by atoms with Crippen LogP contribution in [0.15, 0.2) is 0 Å². The van der Waals surface area contributed by atoms with E-state index in [1.54, 1.807) is 0 Å². The molecule has 0 bridgehead atoms. The van der Waals surface area contributed by atoms with Crippen LogP contribution in [-0.4, -0.2) is 11.1 Å². The second kappa shape index (κ2) is 11.9. The molecule has 0 rings (SSSR count). The Morgan fingerprint density at radius 1 is 0.941 bits per heavy atom. The lowest BCUT2D eigenvalue weighted by molar-refractivity contribution is -0.137. The Bertz CT molecular complexity index is 178. The fourth-order valence-corrected chi connectivity index (χ4v) is 2.03. The van der Waals surface area contributed by atoms with E-state index in [2.05, 4.69) is 13.8 Å². The summed E-state index contributed by atoms with van der Waals surface area (Å²) in [6.07, 6.45) is 12.9. The Morgan fingerprint density at radius 2 is 1.41 bits per heavy atom. The fourth-order valence-electron chi connectivity index (χ4n) is 2.03. The summed E-state index contributed by atoms with van der Waals surface area (Å²) in [5.74, 6) is 0.237. The molecule has 0 aliphatic carbocycles. The molecule has 0 aliphatic rings. The maximum atomic E-state index is 10.3. The number of hydrogen-bond donors (Lipinski definition) is 1. The zero-order chi connectivity index (χ0) is 12.9. The molecule has 2 heteroatoms. The molecule has 0 saturated heterocycles. The third-order valence-electron chi connectivity index (χ3n) is 3.53. The Hall–Kier alpha value is -0.530. The van der Waals surface area contributed by atoms with Crippen LogP contribution in [-0.2, 0) is 4.79 Å². The van der Waals surface area contributed by atoms with E-state index in [-0.39, 0.29) is 0 Å². The molecule has 17 heavy (non-hydrogen) atoms. The first-order valence-corrected chi connectivity index (χ1v) is 7.38. The molecule has 0 aromatic carbocycles. The maximum Gasteiger partial charge on any atom is 0.303 e. The van der Waals surface area contributed by atoms with Crippen molar-refractivity contribution in [1.29, 1.82) is 0 Å². The van der Waals surface area contributed by atoms with Gasteiger partial charge in [0.15, 0.2) is 0 Å². The van der Waals surface area contributed by atoms with Crippen molar-refractivity contribution in [2.75, 3.05) is 0 Å². The Kier molecular flexibility index (Phi) is 11.6. The van der Waals surface area contributed by atoms with Crippen LogP contribution in [0.1, 0.15) is 84.5 Å². The summed E-state index contributed by atoms with van der Waals surface area (Å²) < 4.78 is 0. The zero-order valence-corrected chi connectivity index (χ0v) is 11.7. The molecule has 1 N–H and O–H groups in total. The van der Waals surface area contributed by atoms with Crippen molar-refractivity contribution in [1.82, 2.24) is 0 Å². The fraction of sp³-hybridized carbons (Fsp3) is 0.933. The second-order valence-corrected chi connectivity index (χ2v) is 5.27.